The van der Waals surface area contributed by atoms with Gasteiger partial charge in [0, 0.05) is 23.7 Å². The molecule has 0 aliphatic rings. The van der Waals surface area contributed by atoms with Crippen molar-refractivity contribution in [3.63, 3.8) is 0 Å². The van der Waals surface area contributed by atoms with Gasteiger partial charge in [-0.05, 0) is 64.2 Å². The molecule has 5 nitrogen and oxygen atoms in total. The van der Waals surface area contributed by atoms with Gasteiger partial charge in [-0.2, -0.15) is 5.10 Å². The molecule has 0 bridgehead atoms. The van der Waals surface area contributed by atoms with Crippen LogP contribution in [-0.4, -0.2) is 30.5 Å². The number of anilines is 1. The Kier molecular flexibility index (Phi) is 7.11. The Morgan fingerprint density at radius 3 is 2.64 bits per heavy atom. The van der Waals surface area contributed by atoms with Gasteiger partial charge in [0.05, 0.1) is 21.7 Å². The quantitative estimate of drug-likeness (QED) is 0.179. The first kappa shape index (κ1) is 25.4. The highest BCUT2D eigenvalue weighted by Gasteiger charge is 2.36. The number of nitrogens with two attached hydrogens (primary N) is 1. The maximum atomic E-state index is 13.7. The van der Waals surface area contributed by atoms with Gasteiger partial charge in [0.25, 0.3) is 0 Å². The largest absolute Gasteiger partial charge is 0.406 e. The molecule has 0 atom stereocenters. The van der Waals surface area contributed by atoms with Crippen molar-refractivity contribution in [2.45, 2.75) is 38.9 Å². The summed E-state index contributed by atoms with van der Waals surface area (Å²) in [6, 6.07) is 5.29. The molecule has 0 aliphatic heterocycles. The van der Waals surface area contributed by atoms with Crippen LogP contribution in [0.15, 0.2) is 28.7 Å². The van der Waals surface area contributed by atoms with Crippen LogP contribution in [0.25, 0.3) is 10.9 Å². The summed E-state index contributed by atoms with van der Waals surface area (Å²) >= 11 is 9.60. The van der Waals surface area contributed by atoms with Crippen molar-refractivity contribution in [2.75, 3.05) is 12.3 Å². The second kappa shape index (κ2) is 9.22. The highest BCUT2D eigenvalue weighted by molar-refractivity contribution is 9.10. The van der Waals surface area contributed by atoms with Crippen molar-refractivity contribution < 1.29 is 13.6 Å². The van der Waals surface area contributed by atoms with E-state index in [0.29, 0.717) is 27.7 Å². The molecule has 174 valence electrons. The molecule has 33 heavy (non-hydrogen) atoms. The Labute approximate surface area is 207 Å². The topological polar surface area (TPSA) is 70.1 Å². The highest BCUT2D eigenvalue weighted by Crippen LogP contribution is 2.37. The molecule has 0 fully saturated rings. The first-order valence-corrected chi connectivity index (χ1v) is 14.4. The SMILES string of the molecule is Cn1nc2c(Br)c(C(=O)c3cc(F)ccc3Cl)c(N)cc2c1C#CCO[Si](C)(C)C(C)(C)C. The van der Waals surface area contributed by atoms with E-state index in [2.05, 4.69) is 66.7 Å². The third-order valence-corrected chi connectivity index (χ3v) is 11.6. The maximum absolute atomic E-state index is 13.7. The van der Waals surface area contributed by atoms with Gasteiger partial charge >= 0.3 is 0 Å². The number of carbonyl (C=O) groups is 1. The van der Waals surface area contributed by atoms with E-state index >= 15 is 0 Å². The lowest BCUT2D eigenvalue weighted by atomic mass is 9.99. The fraction of sp³-hybridized carbons (Fsp3) is 0.333. The molecule has 0 radical (unpaired) electrons. The lowest BCUT2D eigenvalue weighted by molar-refractivity contribution is 0.103. The van der Waals surface area contributed by atoms with E-state index in [-0.39, 0.29) is 26.9 Å². The molecular weight excluding hydrogens is 525 g/mol. The summed E-state index contributed by atoms with van der Waals surface area (Å²) in [4.78, 5) is 13.1. The van der Waals surface area contributed by atoms with Gasteiger partial charge in [0.2, 0.25) is 0 Å². The molecular formula is C24H26BrClFN3O2Si. The van der Waals surface area contributed by atoms with Crippen LogP contribution < -0.4 is 5.73 Å². The number of fused-ring (bicyclic) bond motifs is 1. The molecule has 0 aliphatic carbocycles. The van der Waals surface area contributed by atoms with E-state index in [4.69, 9.17) is 21.8 Å². The number of hydrogen-bond acceptors (Lipinski definition) is 4. The Hall–Kier alpha value is -2.18. The zero-order valence-electron chi connectivity index (χ0n) is 19.4. The summed E-state index contributed by atoms with van der Waals surface area (Å²) in [5, 5.41) is 5.45. The van der Waals surface area contributed by atoms with Gasteiger partial charge in [0.1, 0.15) is 17.0 Å². The molecule has 3 aromatic rings. The molecule has 3 rings (SSSR count). The number of hydrogen-bond donors (Lipinski definition) is 1. The van der Waals surface area contributed by atoms with Crippen LogP contribution >= 0.6 is 27.5 Å². The fourth-order valence-electron chi connectivity index (χ4n) is 3.05. The van der Waals surface area contributed by atoms with Gasteiger partial charge in [-0.15, -0.1) is 0 Å². The number of aromatic nitrogens is 2. The van der Waals surface area contributed by atoms with E-state index in [1.54, 1.807) is 17.8 Å². The van der Waals surface area contributed by atoms with Crippen molar-refractivity contribution >= 4 is 58.2 Å². The van der Waals surface area contributed by atoms with E-state index in [1.807, 2.05) is 0 Å². The third-order valence-electron chi connectivity index (χ3n) is 6.02. The van der Waals surface area contributed by atoms with Crippen LogP contribution in [0.1, 0.15) is 42.4 Å². The minimum absolute atomic E-state index is 0.0298. The summed E-state index contributed by atoms with van der Waals surface area (Å²) < 4.78 is 21.9. The lowest BCUT2D eigenvalue weighted by Crippen LogP contribution is -2.40. The number of rotatable bonds is 4. The number of halogens is 3. The van der Waals surface area contributed by atoms with Crippen LogP contribution in [0.2, 0.25) is 23.2 Å². The van der Waals surface area contributed by atoms with Crippen molar-refractivity contribution in [1.29, 1.82) is 0 Å². The number of ketones is 1. The number of nitrogen functional groups attached to an aromatic ring is 1. The minimum atomic E-state index is -1.90. The number of nitrogens with zero attached hydrogens (tertiary/aromatic N) is 2. The monoisotopic (exact) mass is 549 g/mol. The fourth-order valence-corrected chi connectivity index (χ4v) is 4.82. The van der Waals surface area contributed by atoms with Gasteiger partial charge in [-0.3, -0.25) is 9.48 Å². The molecule has 1 heterocycles. The Morgan fingerprint density at radius 2 is 2.00 bits per heavy atom. The standard InChI is InChI=1S/C24H26BrClFN3O2Si/c1-24(2,3)33(5,6)32-11-7-8-19-16-13-18(28)20(21(25)22(16)29-30(19)4)23(31)15-12-14(27)9-10-17(15)26/h9-10,12-13H,11,28H2,1-6H3. The van der Waals surface area contributed by atoms with Crippen LogP contribution in [0.3, 0.4) is 0 Å². The molecule has 1 aromatic heterocycles. The molecule has 0 saturated heterocycles. The zero-order valence-corrected chi connectivity index (χ0v) is 22.8. The summed E-state index contributed by atoms with van der Waals surface area (Å²) in [7, 11) is -0.130. The number of benzene rings is 2. The minimum Gasteiger partial charge on any atom is -0.406 e. The van der Waals surface area contributed by atoms with E-state index in [0.717, 1.165) is 6.07 Å². The lowest BCUT2D eigenvalue weighted by Gasteiger charge is -2.35. The van der Waals surface area contributed by atoms with E-state index in [1.165, 1.54) is 12.1 Å². The first-order chi connectivity index (χ1) is 15.2. The highest BCUT2D eigenvalue weighted by atomic mass is 79.9. The second-order valence-corrected chi connectivity index (χ2v) is 15.3. The predicted octanol–water partition coefficient (Wildman–Crippen LogP) is 6.31. The molecule has 0 saturated carbocycles. The van der Waals surface area contributed by atoms with E-state index in [9.17, 15) is 9.18 Å². The molecule has 0 amide bonds. The average Bonchev–Trinajstić information content (AvgIpc) is 3.01. The van der Waals surface area contributed by atoms with Gasteiger partial charge in [-0.25, -0.2) is 4.39 Å². The normalized spacial score (nSPS) is 12.0. The van der Waals surface area contributed by atoms with Crippen molar-refractivity contribution in [2.24, 2.45) is 7.05 Å². The number of carbonyl (C=O) groups excluding carboxylic acids is 1. The third kappa shape index (κ3) is 5.02. The number of aryl methyl sites for hydroxylation is 1. The summed E-state index contributed by atoms with van der Waals surface area (Å²) in [5.74, 6) is 5.16. The summed E-state index contributed by atoms with van der Waals surface area (Å²) in [5.41, 5.74) is 7.86. The Bertz CT molecular complexity index is 1320. The maximum Gasteiger partial charge on any atom is 0.197 e. The van der Waals surface area contributed by atoms with Crippen molar-refractivity contribution in [3.8, 4) is 11.8 Å². The van der Waals surface area contributed by atoms with Crippen LogP contribution in [-0.2, 0) is 11.5 Å². The van der Waals surface area contributed by atoms with Crippen LogP contribution in [0.5, 0.6) is 0 Å². The zero-order chi connectivity index (χ0) is 24.7. The van der Waals surface area contributed by atoms with Crippen molar-refractivity contribution in [1.82, 2.24) is 9.78 Å². The molecule has 2 N–H and O–H groups in total. The van der Waals surface area contributed by atoms with Gasteiger partial charge in [-0.1, -0.05) is 38.3 Å². The van der Waals surface area contributed by atoms with Crippen LogP contribution in [0.4, 0.5) is 10.1 Å². The smallest absolute Gasteiger partial charge is 0.197 e. The molecule has 0 unspecified atom stereocenters. The van der Waals surface area contributed by atoms with Crippen molar-refractivity contribution in [3.05, 3.63) is 56.4 Å². The van der Waals surface area contributed by atoms with Crippen LogP contribution in [0, 0.1) is 17.7 Å². The molecule has 9 heteroatoms. The van der Waals surface area contributed by atoms with Gasteiger partial charge < -0.3 is 10.2 Å². The Balaban J connectivity index is 2.00. The summed E-state index contributed by atoms with van der Waals surface area (Å²) in [6.07, 6.45) is 0. The Morgan fingerprint density at radius 1 is 1.33 bits per heavy atom. The summed E-state index contributed by atoms with van der Waals surface area (Å²) in [6.45, 7) is 11.2. The molecule has 0 spiro atoms. The van der Waals surface area contributed by atoms with Gasteiger partial charge in [0.15, 0.2) is 14.1 Å². The average molecular weight is 551 g/mol. The van der Waals surface area contributed by atoms with E-state index < -0.39 is 19.9 Å². The molecule has 2 aromatic carbocycles. The second-order valence-electron chi connectivity index (χ2n) is 9.33. The first-order valence-electron chi connectivity index (χ1n) is 10.3. The predicted molar refractivity (Wildman–Crippen MR) is 138 cm³/mol.